The summed E-state index contributed by atoms with van der Waals surface area (Å²) in [6.07, 6.45) is 2.10. The highest BCUT2D eigenvalue weighted by Gasteiger charge is 2.13. The molecule has 1 atom stereocenters. The Labute approximate surface area is 102 Å². The summed E-state index contributed by atoms with van der Waals surface area (Å²) in [5.74, 6) is 2.32. The second kappa shape index (κ2) is 7.19. The van der Waals surface area contributed by atoms with Gasteiger partial charge in [-0.05, 0) is 42.2 Å². The highest BCUT2D eigenvalue weighted by molar-refractivity contribution is 8.03. The van der Waals surface area contributed by atoms with Crippen LogP contribution in [0.2, 0.25) is 0 Å². The molecule has 3 heteroatoms. The van der Waals surface area contributed by atoms with Crippen molar-refractivity contribution in [1.82, 2.24) is 0 Å². The minimum Gasteiger partial charge on any atom is -0.496 e. The van der Waals surface area contributed by atoms with Crippen LogP contribution in [0.3, 0.4) is 0 Å². The van der Waals surface area contributed by atoms with E-state index < -0.39 is 0 Å². The van der Waals surface area contributed by atoms with Gasteiger partial charge in [-0.25, -0.2) is 0 Å². The lowest BCUT2D eigenvalue weighted by atomic mass is 9.93. The first-order valence-electron chi connectivity index (χ1n) is 5.47. The van der Waals surface area contributed by atoms with E-state index in [0.717, 1.165) is 24.3 Å². The first-order chi connectivity index (χ1) is 7.83. The molecule has 1 rings (SSSR count). The SMILES string of the molecule is CCC(CCSC#N)c1ccccc1OC. The number of thiocyanates is 1. The first kappa shape index (κ1) is 12.9. The smallest absolute Gasteiger partial charge is 0.133 e. The van der Waals surface area contributed by atoms with Crippen LogP contribution < -0.4 is 4.74 Å². The molecule has 0 heterocycles. The number of thioether (sulfide) groups is 1. The van der Waals surface area contributed by atoms with Gasteiger partial charge in [0.05, 0.1) is 7.11 Å². The van der Waals surface area contributed by atoms with Crippen LogP contribution >= 0.6 is 11.8 Å². The molecule has 0 spiro atoms. The summed E-state index contributed by atoms with van der Waals surface area (Å²) in [5.41, 5.74) is 1.26. The van der Waals surface area contributed by atoms with Gasteiger partial charge in [0.15, 0.2) is 0 Å². The van der Waals surface area contributed by atoms with E-state index in [9.17, 15) is 0 Å². The van der Waals surface area contributed by atoms with Crippen molar-refractivity contribution in [2.24, 2.45) is 0 Å². The Morgan fingerprint density at radius 3 is 2.81 bits per heavy atom. The number of nitriles is 1. The van der Waals surface area contributed by atoms with Gasteiger partial charge in [0.2, 0.25) is 0 Å². The number of hydrogen-bond acceptors (Lipinski definition) is 3. The van der Waals surface area contributed by atoms with Crippen molar-refractivity contribution in [3.8, 4) is 11.2 Å². The molecular weight excluding hydrogens is 218 g/mol. The molecule has 1 unspecified atom stereocenters. The van der Waals surface area contributed by atoms with Crippen molar-refractivity contribution in [3.05, 3.63) is 29.8 Å². The molecule has 86 valence electrons. The van der Waals surface area contributed by atoms with Crippen LogP contribution in [0.25, 0.3) is 0 Å². The van der Waals surface area contributed by atoms with Crippen molar-refractivity contribution in [2.45, 2.75) is 25.7 Å². The fourth-order valence-electron chi connectivity index (χ4n) is 1.83. The number of nitrogens with zero attached hydrogens (tertiary/aromatic N) is 1. The molecule has 1 aromatic rings. The molecule has 0 saturated heterocycles. The lowest BCUT2D eigenvalue weighted by Gasteiger charge is -2.17. The van der Waals surface area contributed by atoms with E-state index in [4.69, 9.17) is 10.00 Å². The number of para-hydroxylation sites is 1. The second-order valence-electron chi connectivity index (χ2n) is 3.58. The van der Waals surface area contributed by atoms with Gasteiger partial charge in [0, 0.05) is 5.75 Å². The third-order valence-corrected chi connectivity index (χ3v) is 3.27. The zero-order chi connectivity index (χ0) is 11.8. The van der Waals surface area contributed by atoms with E-state index in [1.54, 1.807) is 7.11 Å². The second-order valence-corrected chi connectivity index (χ2v) is 4.46. The fourth-order valence-corrected chi connectivity index (χ4v) is 2.32. The minimum absolute atomic E-state index is 0.483. The molecule has 0 bridgehead atoms. The summed E-state index contributed by atoms with van der Waals surface area (Å²) in [5, 5.41) is 10.6. The van der Waals surface area contributed by atoms with Crippen LogP contribution in [0.4, 0.5) is 0 Å². The summed E-state index contributed by atoms with van der Waals surface area (Å²) in [4.78, 5) is 0. The number of rotatable bonds is 6. The number of benzene rings is 1. The lowest BCUT2D eigenvalue weighted by molar-refractivity contribution is 0.404. The molecule has 16 heavy (non-hydrogen) atoms. The molecule has 1 aromatic carbocycles. The highest BCUT2D eigenvalue weighted by Crippen LogP contribution is 2.31. The molecule has 0 saturated carbocycles. The van der Waals surface area contributed by atoms with Gasteiger partial charge in [-0.15, -0.1) is 0 Å². The van der Waals surface area contributed by atoms with E-state index in [2.05, 4.69) is 18.4 Å². The molecule has 2 nitrogen and oxygen atoms in total. The quantitative estimate of drug-likeness (QED) is 0.555. The number of ether oxygens (including phenoxy) is 1. The Balaban J connectivity index is 2.74. The van der Waals surface area contributed by atoms with Crippen molar-refractivity contribution in [2.75, 3.05) is 12.9 Å². The van der Waals surface area contributed by atoms with Crippen LogP contribution in [0.5, 0.6) is 5.75 Å². The molecule has 0 aliphatic heterocycles. The molecule has 0 fully saturated rings. The topological polar surface area (TPSA) is 33.0 Å². The normalized spacial score (nSPS) is 11.8. The Bertz CT molecular complexity index is 359. The molecular formula is C13H17NOS. The van der Waals surface area contributed by atoms with Gasteiger partial charge in [-0.2, -0.15) is 5.26 Å². The van der Waals surface area contributed by atoms with Crippen LogP contribution in [0, 0.1) is 10.7 Å². The van der Waals surface area contributed by atoms with E-state index in [-0.39, 0.29) is 0 Å². The van der Waals surface area contributed by atoms with Gasteiger partial charge >= 0.3 is 0 Å². The van der Waals surface area contributed by atoms with E-state index in [1.807, 2.05) is 18.2 Å². The van der Waals surface area contributed by atoms with Crippen molar-refractivity contribution in [3.63, 3.8) is 0 Å². The summed E-state index contributed by atoms with van der Waals surface area (Å²) >= 11 is 1.32. The molecule has 0 amide bonds. The lowest BCUT2D eigenvalue weighted by Crippen LogP contribution is -2.01. The summed E-state index contributed by atoms with van der Waals surface area (Å²) in [6.45, 7) is 2.17. The number of hydrogen-bond donors (Lipinski definition) is 0. The predicted octanol–water partition coefficient (Wildman–Crippen LogP) is 3.79. The van der Waals surface area contributed by atoms with Gasteiger partial charge in [-0.3, -0.25) is 0 Å². The van der Waals surface area contributed by atoms with Crippen LogP contribution in [-0.4, -0.2) is 12.9 Å². The molecule has 0 aliphatic carbocycles. The molecule has 0 radical (unpaired) electrons. The van der Waals surface area contributed by atoms with Crippen molar-refractivity contribution >= 4 is 11.8 Å². The standard InChI is InChI=1S/C13H17NOS/c1-3-11(8-9-16-10-14)12-6-4-5-7-13(12)15-2/h4-7,11H,3,8-9H2,1-2H3. The number of methoxy groups -OCH3 is 1. The fraction of sp³-hybridized carbons (Fsp3) is 0.462. The maximum absolute atomic E-state index is 8.51. The molecule has 0 aromatic heterocycles. The average Bonchev–Trinajstić information content (AvgIpc) is 2.35. The molecule has 0 N–H and O–H groups in total. The highest BCUT2D eigenvalue weighted by atomic mass is 32.2. The van der Waals surface area contributed by atoms with Gasteiger partial charge in [-0.1, -0.05) is 25.1 Å². The maximum atomic E-state index is 8.51. The minimum atomic E-state index is 0.483. The average molecular weight is 235 g/mol. The largest absolute Gasteiger partial charge is 0.496 e. The van der Waals surface area contributed by atoms with Crippen molar-refractivity contribution in [1.29, 1.82) is 5.26 Å². The van der Waals surface area contributed by atoms with E-state index in [1.165, 1.54) is 17.3 Å². The Hall–Kier alpha value is -1.14. The van der Waals surface area contributed by atoms with Crippen LogP contribution in [-0.2, 0) is 0 Å². The van der Waals surface area contributed by atoms with Crippen LogP contribution in [0.1, 0.15) is 31.2 Å². The predicted molar refractivity (Wildman–Crippen MR) is 68.7 cm³/mol. The van der Waals surface area contributed by atoms with Gasteiger partial charge in [0.25, 0.3) is 0 Å². The Kier molecular flexibility index (Phi) is 5.81. The van der Waals surface area contributed by atoms with E-state index in [0.29, 0.717) is 5.92 Å². The zero-order valence-corrected chi connectivity index (χ0v) is 10.6. The summed E-state index contributed by atoms with van der Waals surface area (Å²) in [7, 11) is 1.70. The summed E-state index contributed by atoms with van der Waals surface area (Å²) < 4.78 is 5.36. The Morgan fingerprint density at radius 2 is 2.19 bits per heavy atom. The van der Waals surface area contributed by atoms with Gasteiger partial charge in [0.1, 0.15) is 11.2 Å². The summed E-state index contributed by atoms with van der Waals surface area (Å²) in [6, 6.07) is 8.14. The van der Waals surface area contributed by atoms with E-state index >= 15 is 0 Å². The van der Waals surface area contributed by atoms with Crippen molar-refractivity contribution < 1.29 is 4.74 Å². The third-order valence-electron chi connectivity index (χ3n) is 2.70. The van der Waals surface area contributed by atoms with Crippen LogP contribution in [0.15, 0.2) is 24.3 Å². The monoisotopic (exact) mass is 235 g/mol. The Morgan fingerprint density at radius 1 is 1.44 bits per heavy atom. The maximum Gasteiger partial charge on any atom is 0.133 e. The third kappa shape index (κ3) is 3.46. The molecule has 0 aliphatic rings. The van der Waals surface area contributed by atoms with Gasteiger partial charge < -0.3 is 4.74 Å². The first-order valence-corrected chi connectivity index (χ1v) is 6.45. The zero-order valence-electron chi connectivity index (χ0n) is 9.77.